The monoisotopic (exact) mass is 362 g/mol. The van der Waals surface area contributed by atoms with E-state index in [9.17, 15) is 9.59 Å². The molecule has 0 bridgehead atoms. The largest absolute Gasteiger partial charge is 0.338 e. The van der Waals surface area contributed by atoms with E-state index < -0.39 is 0 Å². The van der Waals surface area contributed by atoms with E-state index in [0.29, 0.717) is 36.6 Å². The van der Waals surface area contributed by atoms with Gasteiger partial charge in [-0.2, -0.15) is 0 Å². The Morgan fingerprint density at radius 3 is 2.62 bits per heavy atom. The van der Waals surface area contributed by atoms with Gasteiger partial charge in [0.1, 0.15) is 0 Å². The van der Waals surface area contributed by atoms with Gasteiger partial charge in [0.25, 0.3) is 5.91 Å². The molecular weight excluding hydrogens is 344 g/mol. The van der Waals surface area contributed by atoms with E-state index in [-0.39, 0.29) is 17.7 Å². The minimum Gasteiger partial charge on any atom is -0.338 e. The van der Waals surface area contributed by atoms with Crippen molar-refractivity contribution in [3.8, 4) is 0 Å². The number of hydrogen-bond acceptors (Lipinski definition) is 3. The number of carbonyl (C=O) groups excluding carboxylic acids is 2. The van der Waals surface area contributed by atoms with Crippen LogP contribution in [0.1, 0.15) is 28.1 Å². The molecule has 2 aromatic rings. The first-order valence-corrected chi connectivity index (χ1v) is 9.20. The molecule has 0 radical (unpaired) electrons. The summed E-state index contributed by atoms with van der Waals surface area (Å²) in [5.74, 6) is -0.00946. The molecule has 0 atom stereocenters. The summed E-state index contributed by atoms with van der Waals surface area (Å²) in [5.41, 5.74) is 1.70. The fraction of sp³-hybridized carbons (Fsp3) is 0.333. The number of likely N-dealkylation sites (tertiary alicyclic amines) is 1. The van der Waals surface area contributed by atoms with Gasteiger partial charge < -0.3 is 10.2 Å². The first-order chi connectivity index (χ1) is 11.5. The molecule has 6 heteroatoms. The summed E-state index contributed by atoms with van der Waals surface area (Å²) in [5, 5.41) is 5.47. The second-order valence-electron chi connectivity index (χ2n) is 6.00. The summed E-state index contributed by atoms with van der Waals surface area (Å²) in [4.78, 5) is 27.3. The molecule has 1 N–H and O–H groups in total. The SMILES string of the molecule is Cc1ccc(NC(=O)C2CCN(C(=O)c3cccs3)CC2)cc1Cl. The summed E-state index contributed by atoms with van der Waals surface area (Å²) >= 11 is 7.54. The molecule has 1 aliphatic heterocycles. The van der Waals surface area contributed by atoms with E-state index in [4.69, 9.17) is 11.6 Å². The molecule has 1 aliphatic rings. The zero-order valence-corrected chi connectivity index (χ0v) is 15.0. The van der Waals surface area contributed by atoms with Crippen molar-refractivity contribution in [1.82, 2.24) is 4.90 Å². The van der Waals surface area contributed by atoms with E-state index in [0.717, 1.165) is 10.4 Å². The van der Waals surface area contributed by atoms with Crippen LogP contribution in [0.25, 0.3) is 0 Å². The van der Waals surface area contributed by atoms with E-state index >= 15 is 0 Å². The van der Waals surface area contributed by atoms with Crippen LogP contribution in [0.5, 0.6) is 0 Å². The molecule has 0 aliphatic carbocycles. The summed E-state index contributed by atoms with van der Waals surface area (Å²) in [6.07, 6.45) is 1.37. The third-order valence-corrected chi connectivity index (χ3v) is 5.59. The number of thiophene rings is 1. The Kier molecular flexibility index (Phi) is 5.21. The van der Waals surface area contributed by atoms with Gasteiger partial charge in [0.05, 0.1) is 4.88 Å². The smallest absolute Gasteiger partial charge is 0.263 e. The summed E-state index contributed by atoms with van der Waals surface area (Å²) in [6, 6.07) is 9.23. The maximum atomic E-state index is 12.4. The number of rotatable bonds is 3. The van der Waals surface area contributed by atoms with Gasteiger partial charge in [-0.3, -0.25) is 9.59 Å². The number of nitrogens with zero attached hydrogens (tertiary/aromatic N) is 1. The van der Waals surface area contributed by atoms with Crippen LogP contribution in [-0.4, -0.2) is 29.8 Å². The highest BCUT2D eigenvalue weighted by Crippen LogP contribution is 2.24. The van der Waals surface area contributed by atoms with Crippen molar-refractivity contribution in [2.45, 2.75) is 19.8 Å². The number of aryl methyl sites for hydroxylation is 1. The fourth-order valence-electron chi connectivity index (χ4n) is 2.82. The van der Waals surface area contributed by atoms with Crippen LogP contribution in [0, 0.1) is 12.8 Å². The Balaban J connectivity index is 1.55. The minimum atomic E-state index is -0.0718. The fourth-order valence-corrected chi connectivity index (χ4v) is 3.69. The van der Waals surface area contributed by atoms with Gasteiger partial charge in [-0.15, -0.1) is 11.3 Å². The van der Waals surface area contributed by atoms with Crippen molar-refractivity contribution >= 4 is 40.4 Å². The molecule has 24 heavy (non-hydrogen) atoms. The lowest BCUT2D eigenvalue weighted by molar-refractivity contribution is -0.121. The molecule has 0 unspecified atom stereocenters. The van der Waals surface area contributed by atoms with E-state index in [1.54, 1.807) is 6.07 Å². The molecular formula is C18H19ClN2O2S. The highest BCUT2D eigenvalue weighted by molar-refractivity contribution is 7.12. The predicted octanol–water partition coefficient (Wildman–Crippen LogP) is 4.20. The van der Waals surface area contributed by atoms with E-state index in [1.807, 2.05) is 41.5 Å². The molecule has 126 valence electrons. The third-order valence-electron chi connectivity index (χ3n) is 4.32. The molecule has 1 aromatic carbocycles. The number of hydrogen-bond donors (Lipinski definition) is 1. The summed E-state index contributed by atoms with van der Waals surface area (Å²) in [6.45, 7) is 3.15. The van der Waals surface area contributed by atoms with Crippen LogP contribution < -0.4 is 5.32 Å². The molecule has 1 fully saturated rings. The Hall–Kier alpha value is -1.85. The lowest BCUT2D eigenvalue weighted by atomic mass is 9.95. The van der Waals surface area contributed by atoms with Crippen LogP contribution in [0.3, 0.4) is 0 Å². The molecule has 1 saturated heterocycles. The number of piperidine rings is 1. The molecule has 0 saturated carbocycles. The van der Waals surface area contributed by atoms with Crippen molar-refractivity contribution in [2.24, 2.45) is 5.92 Å². The molecule has 3 rings (SSSR count). The normalized spacial score (nSPS) is 15.3. The van der Waals surface area contributed by atoms with Crippen molar-refractivity contribution in [3.63, 3.8) is 0 Å². The third kappa shape index (κ3) is 3.79. The topological polar surface area (TPSA) is 49.4 Å². The summed E-state index contributed by atoms with van der Waals surface area (Å²) in [7, 11) is 0. The predicted molar refractivity (Wildman–Crippen MR) is 97.8 cm³/mol. The number of halogens is 1. The second kappa shape index (κ2) is 7.36. The Morgan fingerprint density at radius 1 is 1.25 bits per heavy atom. The number of amides is 2. The average Bonchev–Trinajstić information content (AvgIpc) is 3.12. The number of benzene rings is 1. The van der Waals surface area contributed by atoms with Crippen LogP contribution >= 0.6 is 22.9 Å². The quantitative estimate of drug-likeness (QED) is 0.889. The van der Waals surface area contributed by atoms with Gasteiger partial charge in [0.15, 0.2) is 0 Å². The summed E-state index contributed by atoms with van der Waals surface area (Å²) < 4.78 is 0. The molecule has 2 heterocycles. The zero-order valence-electron chi connectivity index (χ0n) is 13.4. The van der Waals surface area contributed by atoms with Gasteiger partial charge in [0, 0.05) is 29.7 Å². The lowest BCUT2D eigenvalue weighted by Gasteiger charge is -2.31. The second-order valence-corrected chi connectivity index (χ2v) is 7.35. The highest BCUT2D eigenvalue weighted by atomic mass is 35.5. The van der Waals surface area contributed by atoms with Gasteiger partial charge in [0.2, 0.25) is 5.91 Å². The van der Waals surface area contributed by atoms with Crippen molar-refractivity contribution in [2.75, 3.05) is 18.4 Å². The Morgan fingerprint density at radius 2 is 2.00 bits per heavy atom. The maximum absolute atomic E-state index is 12.4. The number of anilines is 1. The van der Waals surface area contributed by atoms with Gasteiger partial charge >= 0.3 is 0 Å². The van der Waals surface area contributed by atoms with Gasteiger partial charge in [-0.05, 0) is 48.9 Å². The van der Waals surface area contributed by atoms with Crippen molar-refractivity contribution in [3.05, 3.63) is 51.2 Å². The Bertz CT molecular complexity index is 737. The van der Waals surface area contributed by atoms with Crippen molar-refractivity contribution in [1.29, 1.82) is 0 Å². The van der Waals surface area contributed by atoms with Gasteiger partial charge in [-0.25, -0.2) is 0 Å². The first-order valence-electron chi connectivity index (χ1n) is 7.94. The molecule has 0 spiro atoms. The van der Waals surface area contributed by atoms with Crippen LogP contribution in [0.15, 0.2) is 35.7 Å². The number of nitrogens with one attached hydrogen (secondary N) is 1. The lowest BCUT2D eigenvalue weighted by Crippen LogP contribution is -2.41. The van der Waals surface area contributed by atoms with Crippen LogP contribution in [-0.2, 0) is 4.79 Å². The molecule has 1 aromatic heterocycles. The number of carbonyl (C=O) groups is 2. The zero-order chi connectivity index (χ0) is 17.1. The maximum Gasteiger partial charge on any atom is 0.263 e. The highest BCUT2D eigenvalue weighted by Gasteiger charge is 2.28. The van der Waals surface area contributed by atoms with Crippen LogP contribution in [0.2, 0.25) is 5.02 Å². The molecule has 2 amide bonds. The van der Waals surface area contributed by atoms with E-state index in [1.165, 1.54) is 11.3 Å². The van der Waals surface area contributed by atoms with Gasteiger partial charge in [-0.1, -0.05) is 23.7 Å². The van der Waals surface area contributed by atoms with E-state index in [2.05, 4.69) is 5.32 Å². The average molecular weight is 363 g/mol. The minimum absolute atomic E-state index is 0.00172. The Labute approximate surface area is 150 Å². The molecule has 4 nitrogen and oxygen atoms in total. The first kappa shape index (κ1) is 17.0. The van der Waals surface area contributed by atoms with Crippen LogP contribution in [0.4, 0.5) is 5.69 Å². The van der Waals surface area contributed by atoms with Crippen molar-refractivity contribution < 1.29 is 9.59 Å². The standard InChI is InChI=1S/C18H19ClN2O2S/c1-12-4-5-14(11-15(12)19)20-17(22)13-6-8-21(9-7-13)18(23)16-3-2-10-24-16/h2-5,10-11,13H,6-9H2,1H3,(H,20,22).